The van der Waals surface area contributed by atoms with Crippen LogP contribution in [0.3, 0.4) is 0 Å². The maximum absolute atomic E-state index is 3.55. The predicted octanol–water partition coefficient (Wildman–Crippen LogP) is 5.13. The van der Waals surface area contributed by atoms with E-state index in [2.05, 4.69) is 100 Å². The summed E-state index contributed by atoms with van der Waals surface area (Å²) in [7, 11) is 0. The van der Waals surface area contributed by atoms with Gasteiger partial charge >= 0.3 is 0 Å². The molecule has 3 heteroatoms. The van der Waals surface area contributed by atoms with Crippen molar-refractivity contribution in [2.75, 3.05) is 30.0 Å². The standard InChI is InChI=1S/C25H27N3/c1-3-9-20(10-4-1)25(21-11-5-2-6-12-21)27-17-15-22(16-18-27)28-19-26-23-13-7-8-14-24(23)28/h1-14,22,25-26H,15-19H2. The minimum Gasteiger partial charge on any atom is -0.366 e. The number of hydrogen-bond donors (Lipinski definition) is 1. The molecule has 3 aromatic carbocycles. The second-order valence-electron chi connectivity index (χ2n) is 7.81. The largest absolute Gasteiger partial charge is 0.366 e. The average Bonchev–Trinajstić information content (AvgIpc) is 3.20. The molecule has 1 saturated heterocycles. The van der Waals surface area contributed by atoms with Gasteiger partial charge in [-0.25, -0.2) is 0 Å². The van der Waals surface area contributed by atoms with E-state index in [0.29, 0.717) is 12.1 Å². The zero-order chi connectivity index (χ0) is 18.8. The van der Waals surface area contributed by atoms with Crippen molar-refractivity contribution < 1.29 is 0 Å². The third-order valence-corrected chi connectivity index (χ3v) is 6.19. The molecule has 0 amide bonds. The SMILES string of the molecule is c1ccc(C(c2ccccc2)N2CCC(N3CNc4ccccc43)CC2)cc1. The number of rotatable bonds is 4. The Kier molecular flexibility index (Phi) is 4.76. The van der Waals surface area contributed by atoms with Crippen LogP contribution in [-0.2, 0) is 0 Å². The quantitative estimate of drug-likeness (QED) is 0.688. The van der Waals surface area contributed by atoms with E-state index in [9.17, 15) is 0 Å². The first-order valence-electron chi connectivity index (χ1n) is 10.3. The molecule has 1 fully saturated rings. The van der Waals surface area contributed by atoms with Gasteiger partial charge in [-0.15, -0.1) is 0 Å². The van der Waals surface area contributed by atoms with Gasteiger partial charge in [-0.3, -0.25) is 4.90 Å². The molecule has 0 saturated carbocycles. The predicted molar refractivity (Wildman–Crippen MR) is 117 cm³/mol. The summed E-state index contributed by atoms with van der Waals surface area (Å²) in [6.45, 7) is 3.18. The average molecular weight is 370 g/mol. The first kappa shape index (κ1) is 17.3. The second-order valence-corrected chi connectivity index (χ2v) is 7.81. The maximum Gasteiger partial charge on any atom is 0.0880 e. The minimum absolute atomic E-state index is 0.340. The summed E-state index contributed by atoms with van der Waals surface area (Å²) < 4.78 is 0. The lowest BCUT2D eigenvalue weighted by Gasteiger charge is -2.41. The van der Waals surface area contributed by atoms with Crippen LogP contribution in [-0.4, -0.2) is 30.7 Å². The van der Waals surface area contributed by atoms with Crippen molar-refractivity contribution in [1.29, 1.82) is 0 Å². The highest BCUT2D eigenvalue weighted by molar-refractivity contribution is 5.74. The van der Waals surface area contributed by atoms with Gasteiger partial charge in [0.1, 0.15) is 0 Å². The van der Waals surface area contributed by atoms with Gasteiger partial charge in [0.2, 0.25) is 0 Å². The lowest BCUT2D eigenvalue weighted by Crippen LogP contribution is -2.46. The highest BCUT2D eigenvalue weighted by atomic mass is 15.3. The van der Waals surface area contributed by atoms with Crippen LogP contribution in [0.5, 0.6) is 0 Å². The van der Waals surface area contributed by atoms with E-state index >= 15 is 0 Å². The highest BCUT2D eigenvalue weighted by Crippen LogP contribution is 2.37. The zero-order valence-corrected chi connectivity index (χ0v) is 16.2. The Morgan fingerprint density at radius 3 is 1.93 bits per heavy atom. The number of nitrogens with one attached hydrogen (secondary N) is 1. The fourth-order valence-corrected chi connectivity index (χ4v) is 4.80. The Morgan fingerprint density at radius 1 is 0.714 bits per heavy atom. The van der Waals surface area contributed by atoms with Crippen LogP contribution in [0.2, 0.25) is 0 Å². The van der Waals surface area contributed by atoms with Gasteiger partial charge < -0.3 is 10.2 Å². The molecule has 0 aromatic heterocycles. The van der Waals surface area contributed by atoms with Crippen LogP contribution < -0.4 is 10.2 Å². The minimum atomic E-state index is 0.340. The highest BCUT2D eigenvalue weighted by Gasteiger charge is 2.32. The Bertz CT molecular complexity index is 862. The van der Waals surface area contributed by atoms with E-state index in [1.165, 1.54) is 35.3 Å². The van der Waals surface area contributed by atoms with Crippen LogP contribution in [0.15, 0.2) is 84.9 Å². The fourth-order valence-electron chi connectivity index (χ4n) is 4.80. The summed E-state index contributed by atoms with van der Waals surface area (Å²) in [5.41, 5.74) is 5.42. The summed E-state index contributed by atoms with van der Waals surface area (Å²) >= 11 is 0. The number of likely N-dealkylation sites (tertiary alicyclic amines) is 1. The summed E-state index contributed by atoms with van der Waals surface area (Å²) in [5, 5.41) is 3.55. The normalized spacial score (nSPS) is 17.5. The van der Waals surface area contributed by atoms with Crippen molar-refractivity contribution in [1.82, 2.24) is 4.90 Å². The summed E-state index contributed by atoms with van der Waals surface area (Å²) in [6.07, 6.45) is 2.40. The third kappa shape index (κ3) is 3.27. The van der Waals surface area contributed by atoms with Gasteiger partial charge in [0.25, 0.3) is 0 Å². The second kappa shape index (κ2) is 7.69. The van der Waals surface area contributed by atoms with Gasteiger partial charge in [0.05, 0.1) is 24.1 Å². The van der Waals surface area contributed by atoms with E-state index in [1.807, 2.05) is 0 Å². The van der Waals surface area contributed by atoms with Crippen LogP contribution in [0.25, 0.3) is 0 Å². The van der Waals surface area contributed by atoms with E-state index in [-0.39, 0.29) is 0 Å². The molecule has 28 heavy (non-hydrogen) atoms. The molecule has 0 radical (unpaired) electrons. The van der Waals surface area contributed by atoms with Crippen molar-refractivity contribution in [3.05, 3.63) is 96.1 Å². The summed E-state index contributed by atoms with van der Waals surface area (Å²) in [6, 6.07) is 31.6. The van der Waals surface area contributed by atoms with E-state index in [1.54, 1.807) is 0 Å². The number of benzene rings is 3. The Balaban J connectivity index is 1.35. The van der Waals surface area contributed by atoms with Gasteiger partial charge in [-0.05, 0) is 36.1 Å². The molecule has 3 aromatic rings. The van der Waals surface area contributed by atoms with Crippen LogP contribution in [0, 0.1) is 0 Å². The third-order valence-electron chi connectivity index (χ3n) is 6.19. The molecule has 0 atom stereocenters. The number of nitrogens with zero attached hydrogens (tertiary/aromatic N) is 2. The molecule has 0 spiro atoms. The van der Waals surface area contributed by atoms with Crippen LogP contribution in [0.4, 0.5) is 11.4 Å². The number of anilines is 2. The Hall–Kier alpha value is -2.78. The molecule has 142 valence electrons. The lowest BCUT2D eigenvalue weighted by molar-refractivity contribution is 0.172. The van der Waals surface area contributed by atoms with E-state index in [0.717, 1.165) is 19.8 Å². The number of fused-ring (bicyclic) bond motifs is 1. The number of para-hydroxylation sites is 2. The molecular weight excluding hydrogens is 342 g/mol. The first-order valence-corrected chi connectivity index (χ1v) is 10.3. The van der Waals surface area contributed by atoms with Crippen molar-refractivity contribution in [2.24, 2.45) is 0 Å². The van der Waals surface area contributed by atoms with Crippen molar-refractivity contribution in [3.63, 3.8) is 0 Å². The van der Waals surface area contributed by atoms with Crippen LogP contribution >= 0.6 is 0 Å². The first-order chi connectivity index (χ1) is 13.9. The molecule has 0 aliphatic carbocycles. The van der Waals surface area contributed by atoms with E-state index in [4.69, 9.17) is 0 Å². The number of hydrogen-bond acceptors (Lipinski definition) is 3. The zero-order valence-electron chi connectivity index (χ0n) is 16.2. The van der Waals surface area contributed by atoms with Crippen molar-refractivity contribution >= 4 is 11.4 Å². The van der Waals surface area contributed by atoms with Crippen molar-refractivity contribution in [3.8, 4) is 0 Å². The molecule has 0 bridgehead atoms. The van der Waals surface area contributed by atoms with E-state index < -0.39 is 0 Å². The lowest BCUT2D eigenvalue weighted by atomic mass is 9.93. The molecule has 2 aliphatic rings. The molecule has 0 unspecified atom stereocenters. The smallest absolute Gasteiger partial charge is 0.0880 e. The molecule has 3 nitrogen and oxygen atoms in total. The van der Waals surface area contributed by atoms with Gasteiger partial charge in [-0.2, -0.15) is 0 Å². The monoisotopic (exact) mass is 369 g/mol. The molecule has 2 heterocycles. The summed E-state index contributed by atoms with van der Waals surface area (Å²) in [4.78, 5) is 5.23. The maximum atomic E-state index is 3.55. The Morgan fingerprint density at radius 2 is 1.29 bits per heavy atom. The molecule has 2 aliphatic heterocycles. The van der Waals surface area contributed by atoms with Crippen molar-refractivity contribution in [2.45, 2.75) is 24.9 Å². The molecular formula is C25H27N3. The summed E-state index contributed by atoms with van der Waals surface area (Å²) in [5.74, 6) is 0. The van der Waals surface area contributed by atoms with Crippen LogP contribution in [0.1, 0.15) is 30.0 Å². The molecule has 5 rings (SSSR count). The fraction of sp³-hybridized carbons (Fsp3) is 0.280. The van der Waals surface area contributed by atoms with Gasteiger partial charge in [-0.1, -0.05) is 72.8 Å². The number of piperidine rings is 1. The topological polar surface area (TPSA) is 18.5 Å². The van der Waals surface area contributed by atoms with Gasteiger partial charge in [0, 0.05) is 19.1 Å². The Labute approximate surface area is 167 Å². The molecule has 1 N–H and O–H groups in total. The van der Waals surface area contributed by atoms with Gasteiger partial charge in [0.15, 0.2) is 0 Å².